The fourth-order valence-corrected chi connectivity index (χ4v) is 3.55. The van der Waals surface area contributed by atoms with Gasteiger partial charge in [-0.1, -0.05) is 6.08 Å². The molecular weight excluding hydrogens is 276 g/mol. The van der Waals surface area contributed by atoms with Crippen LogP contribution in [0.2, 0.25) is 0 Å². The van der Waals surface area contributed by atoms with E-state index in [9.17, 15) is 4.79 Å². The normalized spacial score (nSPS) is 28.4. The van der Waals surface area contributed by atoms with Crippen molar-refractivity contribution >= 4 is 5.91 Å². The maximum Gasteiger partial charge on any atom is 0.243 e. The van der Waals surface area contributed by atoms with E-state index < -0.39 is 0 Å². The highest BCUT2D eigenvalue weighted by Crippen LogP contribution is 2.25. The van der Waals surface area contributed by atoms with Crippen LogP contribution in [0, 0.1) is 0 Å². The molecule has 2 fully saturated rings. The molecule has 5 heteroatoms. The standard InChI is InChI=1S/C17H32N4O/c1-19(2)10-5-9-17(22)18-15-7-4-8-16(15)21-12-6-11-20(3)13-14-21/h5,9,15-16H,4,6-8,10-14H2,1-3H3,(H,18,22)/b9-5+. The second-order valence-electron chi connectivity index (χ2n) is 6.97. The van der Waals surface area contributed by atoms with Gasteiger partial charge in [0.1, 0.15) is 0 Å². The van der Waals surface area contributed by atoms with Crippen LogP contribution in [0.1, 0.15) is 25.7 Å². The summed E-state index contributed by atoms with van der Waals surface area (Å²) in [6.45, 7) is 5.43. The number of likely N-dealkylation sites (N-methyl/N-ethyl adjacent to an activating group) is 2. The first kappa shape index (κ1) is 17.4. The van der Waals surface area contributed by atoms with Crippen LogP contribution >= 0.6 is 0 Å². The van der Waals surface area contributed by atoms with E-state index in [0.717, 1.165) is 32.6 Å². The molecule has 1 saturated carbocycles. The van der Waals surface area contributed by atoms with Crippen molar-refractivity contribution in [3.8, 4) is 0 Å². The zero-order valence-electron chi connectivity index (χ0n) is 14.4. The van der Waals surface area contributed by atoms with Crippen molar-refractivity contribution in [3.05, 3.63) is 12.2 Å². The third-order valence-corrected chi connectivity index (χ3v) is 4.77. The lowest BCUT2D eigenvalue weighted by Crippen LogP contribution is -2.49. The second-order valence-corrected chi connectivity index (χ2v) is 6.97. The van der Waals surface area contributed by atoms with Crippen molar-refractivity contribution in [1.82, 2.24) is 20.0 Å². The maximum absolute atomic E-state index is 12.1. The zero-order chi connectivity index (χ0) is 15.9. The van der Waals surface area contributed by atoms with Crippen LogP contribution in [-0.2, 0) is 4.79 Å². The highest BCUT2D eigenvalue weighted by molar-refractivity contribution is 5.87. The summed E-state index contributed by atoms with van der Waals surface area (Å²) in [5.74, 6) is 0.0608. The Bertz CT molecular complexity index is 383. The molecule has 0 radical (unpaired) electrons. The fraction of sp³-hybridized carbons (Fsp3) is 0.824. The Balaban J connectivity index is 1.84. The van der Waals surface area contributed by atoms with Crippen molar-refractivity contribution in [2.75, 3.05) is 53.9 Å². The lowest BCUT2D eigenvalue weighted by Gasteiger charge is -2.32. The molecule has 1 aliphatic carbocycles. The number of hydrogen-bond acceptors (Lipinski definition) is 4. The number of nitrogens with zero attached hydrogens (tertiary/aromatic N) is 3. The van der Waals surface area contributed by atoms with Gasteiger partial charge in [-0.3, -0.25) is 9.69 Å². The minimum absolute atomic E-state index is 0.0608. The Labute approximate surface area is 135 Å². The van der Waals surface area contributed by atoms with Gasteiger partial charge >= 0.3 is 0 Å². The van der Waals surface area contributed by atoms with E-state index in [1.807, 2.05) is 20.2 Å². The molecule has 2 rings (SSSR count). The van der Waals surface area contributed by atoms with Crippen LogP contribution in [0.25, 0.3) is 0 Å². The largest absolute Gasteiger partial charge is 0.348 e. The Morgan fingerprint density at radius 2 is 2.00 bits per heavy atom. The van der Waals surface area contributed by atoms with Gasteiger partial charge in [-0.05, 0) is 59.9 Å². The fourth-order valence-electron chi connectivity index (χ4n) is 3.55. The van der Waals surface area contributed by atoms with Crippen LogP contribution in [-0.4, -0.2) is 86.6 Å². The molecule has 2 unspecified atom stereocenters. The molecule has 1 amide bonds. The zero-order valence-corrected chi connectivity index (χ0v) is 14.4. The summed E-state index contributed by atoms with van der Waals surface area (Å²) in [5.41, 5.74) is 0. The van der Waals surface area contributed by atoms with Gasteiger partial charge in [0.2, 0.25) is 5.91 Å². The average molecular weight is 308 g/mol. The first-order valence-electron chi connectivity index (χ1n) is 8.60. The highest BCUT2D eigenvalue weighted by Gasteiger charge is 2.33. The van der Waals surface area contributed by atoms with E-state index >= 15 is 0 Å². The van der Waals surface area contributed by atoms with Gasteiger partial charge in [0.05, 0.1) is 0 Å². The topological polar surface area (TPSA) is 38.8 Å². The van der Waals surface area contributed by atoms with Gasteiger partial charge in [-0.2, -0.15) is 0 Å². The minimum atomic E-state index is 0.0608. The van der Waals surface area contributed by atoms with E-state index in [4.69, 9.17) is 0 Å². The molecule has 1 N–H and O–H groups in total. The molecule has 0 bridgehead atoms. The third-order valence-electron chi connectivity index (χ3n) is 4.77. The number of rotatable bonds is 5. The summed E-state index contributed by atoms with van der Waals surface area (Å²) in [5, 5.41) is 3.23. The monoisotopic (exact) mass is 308 g/mol. The predicted octanol–water partition coefficient (Wildman–Crippen LogP) is 0.779. The maximum atomic E-state index is 12.1. The Kier molecular flexibility index (Phi) is 6.86. The molecule has 22 heavy (non-hydrogen) atoms. The van der Waals surface area contributed by atoms with Crippen LogP contribution < -0.4 is 5.32 Å². The van der Waals surface area contributed by atoms with E-state index in [0.29, 0.717) is 12.1 Å². The van der Waals surface area contributed by atoms with Crippen LogP contribution in [0.4, 0.5) is 0 Å². The molecular formula is C17H32N4O. The number of nitrogens with one attached hydrogen (secondary N) is 1. The Morgan fingerprint density at radius 3 is 2.77 bits per heavy atom. The Hall–Kier alpha value is -0.910. The predicted molar refractivity (Wildman–Crippen MR) is 91.0 cm³/mol. The average Bonchev–Trinajstić information content (AvgIpc) is 2.79. The van der Waals surface area contributed by atoms with Gasteiger partial charge in [0.25, 0.3) is 0 Å². The van der Waals surface area contributed by atoms with Gasteiger partial charge in [0, 0.05) is 37.8 Å². The summed E-state index contributed by atoms with van der Waals surface area (Å²) in [7, 11) is 6.21. The van der Waals surface area contributed by atoms with E-state index in [1.165, 1.54) is 25.8 Å². The van der Waals surface area contributed by atoms with Crippen molar-refractivity contribution in [1.29, 1.82) is 0 Å². The van der Waals surface area contributed by atoms with E-state index in [2.05, 4.69) is 27.1 Å². The third kappa shape index (κ3) is 5.38. The van der Waals surface area contributed by atoms with Crippen LogP contribution in [0.15, 0.2) is 12.2 Å². The summed E-state index contributed by atoms with van der Waals surface area (Å²) in [4.78, 5) is 19.1. The van der Waals surface area contributed by atoms with Gasteiger partial charge < -0.3 is 15.1 Å². The van der Waals surface area contributed by atoms with Gasteiger partial charge in [-0.15, -0.1) is 0 Å². The SMILES string of the molecule is CN(C)C/C=C/C(=O)NC1CCCC1N1CCCN(C)CC1. The van der Waals surface area contributed by atoms with Crippen molar-refractivity contribution in [2.45, 2.75) is 37.8 Å². The van der Waals surface area contributed by atoms with Crippen molar-refractivity contribution in [2.24, 2.45) is 0 Å². The molecule has 0 aromatic rings. The van der Waals surface area contributed by atoms with Crippen LogP contribution in [0.3, 0.4) is 0 Å². The quantitative estimate of drug-likeness (QED) is 0.762. The number of hydrogen-bond donors (Lipinski definition) is 1. The first-order chi connectivity index (χ1) is 10.6. The first-order valence-corrected chi connectivity index (χ1v) is 8.60. The lowest BCUT2D eigenvalue weighted by molar-refractivity contribution is -0.117. The van der Waals surface area contributed by atoms with Crippen molar-refractivity contribution in [3.63, 3.8) is 0 Å². The second kappa shape index (κ2) is 8.65. The molecule has 1 saturated heterocycles. The summed E-state index contributed by atoms with van der Waals surface area (Å²) in [6, 6.07) is 0.845. The van der Waals surface area contributed by atoms with Crippen LogP contribution in [0.5, 0.6) is 0 Å². The number of amides is 1. The molecule has 1 aliphatic heterocycles. The molecule has 0 spiro atoms. The highest BCUT2D eigenvalue weighted by atomic mass is 16.1. The number of carbonyl (C=O) groups excluding carboxylic acids is 1. The molecule has 0 aromatic carbocycles. The van der Waals surface area contributed by atoms with Gasteiger partial charge in [0.15, 0.2) is 0 Å². The van der Waals surface area contributed by atoms with Crippen molar-refractivity contribution < 1.29 is 4.79 Å². The molecule has 126 valence electrons. The molecule has 5 nitrogen and oxygen atoms in total. The summed E-state index contributed by atoms with van der Waals surface area (Å²) < 4.78 is 0. The number of carbonyl (C=O) groups is 1. The molecule has 2 atom stereocenters. The van der Waals surface area contributed by atoms with E-state index in [1.54, 1.807) is 6.08 Å². The minimum Gasteiger partial charge on any atom is -0.348 e. The molecule has 0 aromatic heterocycles. The molecule has 1 heterocycles. The van der Waals surface area contributed by atoms with E-state index in [-0.39, 0.29) is 5.91 Å². The Morgan fingerprint density at radius 1 is 1.18 bits per heavy atom. The lowest BCUT2D eigenvalue weighted by atomic mass is 10.1. The van der Waals surface area contributed by atoms with Gasteiger partial charge in [-0.25, -0.2) is 0 Å². The summed E-state index contributed by atoms with van der Waals surface area (Å²) in [6.07, 6.45) is 8.41. The summed E-state index contributed by atoms with van der Waals surface area (Å²) >= 11 is 0. The smallest absolute Gasteiger partial charge is 0.243 e. The molecule has 2 aliphatic rings.